The molecule has 0 aliphatic heterocycles. The molecule has 2 amide bonds. The van der Waals surface area contributed by atoms with Gasteiger partial charge in [0.2, 0.25) is 0 Å². The molecule has 0 bridgehead atoms. The Bertz CT molecular complexity index is 562. The van der Waals surface area contributed by atoms with Crippen molar-refractivity contribution in [2.45, 2.75) is 13.1 Å². The molecule has 18 heavy (non-hydrogen) atoms. The molecule has 0 saturated carbocycles. The summed E-state index contributed by atoms with van der Waals surface area (Å²) in [7, 11) is 0. The molecule has 0 saturated heterocycles. The van der Waals surface area contributed by atoms with Crippen molar-refractivity contribution in [2.24, 2.45) is 0 Å². The van der Waals surface area contributed by atoms with Crippen LogP contribution in [-0.4, -0.2) is 11.0 Å². The molecule has 6 heteroatoms. The summed E-state index contributed by atoms with van der Waals surface area (Å²) < 4.78 is 0. The summed E-state index contributed by atoms with van der Waals surface area (Å²) in [5, 5.41) is 7.10. The minimum atomic E-state index is -0.258. The van der Waals surface area contributed by atoms with Crippen LogP contribution >= 0.6 is 11.3 Å². The third-order valence-corrected chi connectivity index (χ3v) is 3.02. The largest absolute Gasteiger partial charge is 0.334 e. The number of urea groups is 1. The lowest BCUT2D eigenvalue weighted by atomic mass is 10.2. The van der Waals surface area contributed by atoms with E-state index in [1.165, 1.54) is 0 Å². The van der Waals surface area contributed by atoms with Gasteiger partial charge in [-0.3, -0.25) is 4.79 Å². The van der Waals surface area contributed by atoms with Gasteiger partial charge in [0.05, 0.1) is 6.54 Å². The van der Waals surface area contributed by atoms with Crippen molar-refractivity contribution in [2.75, 3.05) is 0 Å². The topological polar surface area (TPSA) is 74.0 Å². The van der Waals surface area contributed by atoms with Gasteiger partial charge in [0.25, 0.3) is 0 Å². The molecule has 0 aliphatic rings. The minimum Gasteiger partial charge on any atom is -0.334 e. The van der Waals surface area contributed by atoms with Crippen molar-refractivity contribution in [1.29, 1.82) is 0 Å². The summed E-state index contributed by atoms with van der Waals surface area (Å²) in [4.78, 5) is 24.9. The third-order valence-electron chi connectivity index (χ3n) is 2.31. The van der Waals surface area contributed by atoms with E-state index in [4.69, 9.17) is 0 Å². The fourth-order valence-corrected chi connectivity index (χ4v) is 2.00. The lowest BCUT2D eigenvalue weighted by molar-refractivity contribution is 0.240. The van der Waals surface area contributed by atoms with Gasteiger partial charge in [-0.25, -0.2) is 4.79 Å². The number of benzene rings is 1. The van der Waals surface area contributed by atoms with Crippen LogP contribution in [-0.2, 0) is 13.1 Å². The van der Waals surface area contributed by atoms with Gasteiger partial charge in [0.15, 0.2) is 0 Å². The molecule has 1 aromatic heterocycles. The van der Waals surface area contributed by atoms with Crippen molar-refractivity contribution in [1.82, 2.24) is 15.6 Å². The van der Waals surface area contributed by atoms with E-state index in [0.717, 1.165) is 16.9 Å². The van der Waals surface area contributed by atoms with Gasteiger partial charge >= 0.3 is 10.9 Å². The summed E-state index contributed by atoms with van der Waals surface area (Å²) in [6, 6.07) is 9.39. The highest BCUT2D eigenvalue weighted by Crippen LogP contribution is 1.97. The molecule has 0 atom stereocenters. The number of hydrogen-bond acceptors (Lipinski definition) is 3. The molecule has 2 aromatic rings. The number of carbonyl (C=O) groups excluding carboxylic acids is 1. The van der Waals surface area contributed by atoms with Gasteiger partial charge in [-0.1, -0.05) is 41.7 Å². The maximum absolute atomic E-state index is 11.5. The van der Waals surface area contributed by atoms with Crippen LogP contribution < -0.4 is 15.5 Å². The average Bonchev–Trinajstić information content (AvgIpc) is 2.81. The average molecular weight is 263 g/mol. The number of hydrogen-bond donors (Lipinski definition) is 3. The van der Waals surface area contributed by atoms with Crippen LogP contribution in [0.1, 0.15) is 11.3 Å². The first kappa shape index (κ1) is 12.4. The fraction of sp³-hybridized carbons (Fsp3) is 0.167. The third kappa shape index (κ3) is 3.74. The van der Waals surface area contributed by atoms with E-state index in [2.05, 4.69) is 15.6 Å². The predicted molar refractivity (Wildman–Crippen MR) is 70.5 cm³/mol. The Morgan fingerprint density at radius 1 is 1.17 bits per heavy atom. The summed E-state index contributed by atoms with van der Waals surface area (Å²) in [6.07, 6.45) is 0. The number of thiazole rings is 1. The normalized spacial score (nSPS) is 10.0. The summed E-state index contributed by atoms with van der Waals surface area (Å²) >= 11 is 1.08. The molecule has 0 radical (unpaired) electrons. The zero-order chi connectivity index (χ0) is 12.8. The molecule has 5 nitrogen and oxygen atoms in total. The van der Waals surface area contributed by atoms with Gasteiger partial charge in [0.1, 0.15) is 0 Å². The molecule has 0 aliphatic carbocycles. The monoisotopic (exact) mass is 263 g/mol. The van der Waals surface area contributed by atoms with Crippen LogP contribution in [0.25, 0.3) is 0 Å². The zero-order valence-electron chi connectivity index (χ0n) is 9.60. The second-order valence-electron chi connectivity index (χ2n) is 3.70. The molecular weight excluding hydrogens is 250 g/mol. The second-order valence-corrected chi connectivity index (χ2v) is 4.54. The Morgan fingerprint density at radius 3 is 2.56 bits per heavy atom. The number of aromatic nitrogens is 1. The SMILES string of the molecule is O=C(NCc1ccccc1)NCc1csc(=O)[nH]1. The molecule has 1 aromatic carbocycles. The van der Waals surface area contributed by atoms with Crippen molar-refractivity contribution in [3.8, 4) is 0 Å². The first-order valence-corrected chi connectivity index (χ1v) is 6.34. The molecule has 3 N–H and O–H groups in total. The van der Waals surface area contributed by atoms with Gasteiger partial charge in [0, 0.05) is 17.6 Å². The lowest BCUT2D eigenvalue weighted by Crippen LogP contribution is -2.34. The number of aromatic amines is 1. The molecule has 0 spiro atoms. The maximum atomic E-state index is 11.5. The Hall–Kier alpha value is -2.08. The van der Waals surface area contributed by atoms with E-state index in [1.54, 1.807) is 5.38 Å². The van der Waals surface area contributed by atoms with E-state index in [-0.39, 0.29) is 10.9 Å². The number of nitrogens with one attached hydrogen (secondary N) is 3. The smallest absolute Gasteiger partial charge is 0.315 e. The molecule has 0 fully saturated rings. The van der Waals surface area contributed by atoms with Crippen molar-refractivity contribution in [3.05, 3.63) is 56.6 Å². The van der Waals surface area contributed by atoms with Crippen molar-refractivity contribution >= 4 is 17.4 Å². The van der Waals surface area contributed by atoms with E-state index in [0.29, 0.717) is 18.8 Å². The van der Waals surface area contributed by atoms with Crippen LogP contribution in [0.2, 0.25) is 0 Å². The second kappa shape index (κ2) is 6.02. The molecule has 2 rings (SSSR count). The summed E-state index contributed by atoms with van der Waals surface area (Å²) in [5.41, 5.74) is 1.75. The summed E-state index contributed by atoms with van der Waals surface area (Å²) in [6.45, 7) is 0.798. The zero-order valence-corrected chi connectivity index (χ0v) is 10.4. The number of carbonyl (C=O) groups is 1. The van der Waals surface area contributed by atoms with Gasteiger partial charge in [-0.05, 0) is 5.56 Å². The minimum absolute atomic E-state index is 0.114. The number of H-pyrrole nitrogens is 1. The highest BCUT2D eigenvalue weighted by atomic mass is 32.1. The Balaban J connectivity index is 1.74. The Morgan fingerprint density at radius 2 is 1.89 bits per heavy atom. The first-order chi connectivity index (χ1) is 8.74. The molecular formula is C12H13N3O2S. The van der Waals surface area contributed by atoms with Crippen LogP contribution in [0.4, 0.5) is 4.79 Å². The molecule has 94 valence electrons. The van der Waals surface area contributed by atoms with E-state index in [1.807, 2.05) is 30.3 Å². The number of rotatable bonds is 4. The molecule has 0 unspecified atom stereocenters. The molecule has 1 heterocycles. The standard InChI is InChI=1S/C12H13N3O2S/c16-11(13-6-9-4-2-1-3-5-9)14-7-10-8-18-12(17)15-10/h1-5,8H,6-7H2,(H,15,17)(H2,13,14,16). The fourth-order valence-electron chi connectivity index (χ4n) is 1.42. The highest BCUT2D eigenvalue weighted by molar-refractivity contribution is 7.07. The van der Waals surface area contributed by atoms with Crippen LogP contribution in [0.15, 0.2) is 40.5 Å². The lowest BCUT2D eigenvalue weighted by Gasteiger charge is -2.06. The quantitative estimate of drug-likeness (QED) is 0.780. The van der Waals surface area contributed by atoms with Crippen LogP contribution in [0.3, 0.4) is 0 Å². The van der Waals surface area contributed by atoms with Gasteiger partial charge < -0.3 is 15.6 Å². The predicted octanol–water partition coefficient (Wildman–Crippen LogP) is 1.44. The number of amides is 2. The van der Waals surface area contributed by atoms with E-state index >= 15 is 0 Å². The van der Waals surface area contributed by atoms with Crippen LogP contribution in [0.5, 0.6) is 0 Å². The highest BCUT2D eigenvalue weighted by Gasteiger charge is 2.01. The Kier molecular flexibility index (Phi) is 4.14. The van der Waals surface area contributed by atoms with Crippen molar-refractivity contribution < 1.29 is 4.79 Å². The van der Waals surface area contributed by atoms with E-state index < -0.39 is 0 Å². The Labute approximate surface area is 108 Å². The van der Waals surface area contributed by atoms with Gasteiger partial charge in [-0.15, -0.1) is 0 Å². The van der Waals surface area contributed by atoms with E-state index in [9.17, 15) is 9.59 Å². The summed E-state index contributed by atoms with van der Waals surface area (Å²) in [5.74, 6) is 0. The van der Waals surface area contributed by atoms with Crippen molar-refractivity contribution in [3.63, 3.8) is 0 Å². The van der Waals surface area contributed by atoms with Gasteiger partial charge in [-0.2, -0.15) is 0 Å². The first-order valence-electron chi connectivity index (χ1n) is 5.46. The van der Waals surface area contributed by atoms with Crippen LogP contribution in [0, 0.1) is 0 Å². The maximum Gasteiger partial charge on any atom is 0.315 e.